The lowest BCUT2D eigenvalue weighted by Crippen LogP contribution is -2.29. The second-order valence-electron chi connectivity index (χ2n) is 10.4. The maximum atomic E-state index is 14.7. The van der Waals surface area contributed by atoms with Gasteiger partial charge >= 0.3 is 6.09 Å². The zero-order chi connectivity index (χ0) is 30.7. The van der Waals surface area contributed by atoms with E-state index in [0.29, 0.717) is 53.0 Å². The van der Waals surface area contributed by atoms with Crippen molar-refractivity contribution in [3.05, 3.63) is 88.7 Å². The van der Waals surface area contributed by atoms with Gasteiger partial charge in [-0.15, -0.1) is 0 Å². The van der Waals surface area contributed by atoms with Crippen LogP contribution in [-0.2, 0) is 9.53 Å². The predicted molar refractivity (Wildman–Crippen MR) is 161 cm³/mol. The number of aromatic nitrogens is 3. The normalized spacial score (nSPS) is 16.6. The van der Waals surface area contributed by atoms with Crippen LogP contribution in [-0.4, -0.2) is 39.8 Å². The summed E-state index contributed by atoms with van der Waals surface area (Å²) in [6, 6.07) is 11.2. The molecule has 1 aliphatic heterocycles. The Morgan fingerprint density at radius 2 is 1.95 bits per heavy atom. The molecule has 0 spiro atoms. The van der Waals surface area contributed by atoms with Crippen LogP contribution in [0.5, 0.6) is 0 Å². The molecular formula is C31H30ClFN6O4. The summed E-state index contributed by atoms with van der Waals surface area (Å²) in [7, 11) is 1.27. The average Bonchev–Trinajstić information content (AvgIpc) is 3.38. The monoisotopic (exact) mass is 604 g/mol. The Balaban J connectivity index is 1.48. The molecule has 222 valence electrons. The molecule has 2 bridgehead atoms. The number of hydrogen-bond acceptors (Lipinski definition) is 6. The number of amides is 3. The van der Waals surface area contributed by atoms with Crippen LogP contribution in [0.25, 0.3) is 16.8 Å². The minimum Gasteiger partial charge on any atom is -0.453 e. The van der Waals surface area contributed by atoms with Crippen molar-refractivity contribution in [2.24, 2.45) is 5.92 Å². The van der Waals surface area contributed by atoms with Crippen molar-refractivity contribution in [2.45, 2.75) is 39.2 Å². The van der Waals surface area contributed by atoms with Gasteiger partial charge in [0.2, 0.25) is 5.91 Å². The number of hydrogen-bond donors (Lipinski definition) is 3. The van der Waals surface area contributed by atoms with Gasteiger partial charge in [0.1, 0.15) is 5.69 Å². The van der Waals surface area contributed by atoms with Crippen molar-refractivity contribution in [1.82, 2.24) is 20.1 Å². The van der Waals surface area contributed by atoms with Crippen molar-refractivity contribution in [1.29, 1.82) is 0 Å². The minimum absolute atomic E-state index is 0.0422. The molecule has 5 rings (SSSR count). The smallest absolute Gasteiger partial charge is 0.411 e. The zero-order valence-corrected chi connectivity index (χ0v) is 24.5. The number of ether oxygens (including phenoxy) is 1. The molecule has 43 heavy (non-hydrogen) atoms. The van der Waals surface area contributed by atoms with Gasteiger partial charge < -0.3 is 15.4 Å². The van der Waals surface area contributed by atoms with E-state index in [1.54, 1.807) is 43.6 Å². The molecule has 10 nitrogen and oxygen atoms in total. The second kappa shape index (κ2) is 12.6. The van der Waals surface area contributed by atoms with Crippen molar-refractivity contribution in [2.75, 3.05) is 17.7 Å². The molecule has 4 aromatic rings. The third-order valence-electron chi connectivity index (χ3n) is 7.48. The maximum absolute atomic E-state index is 14.7. The quantitative estimate of drug-likeness (QED) is 0.246. The number of carbonyl (C=O) groups is 3. The van der Waals surface area contributed by atoms with E-state index >= 15 is 0 Å². The molecule has 0 aliphatic carbocycles. The van der Waals surface area contributed by atoms with Crippen LogP contribution < -0.4 is 16.0 Å². The highest BCUT2D eigenvalue weighted by molar-refractivity contribution is 6.30. The van der Waals surface area contributed by atoms with E-state index < -0.39 is 18.0 Å². The largest absolute Gasteiger partial charge is 0.453 e. The van der Waals surface area contributed by atoms with Gasteiger partial charge in [0.25, 0.3) is 5.91 Å². The van der Waals surface area contributed by atoms with Crippen molar-refractivity contribution in [3.8, 4) is 16.8 Å². The van der Waals surface area contributed by atoms with E-state index in [0.717, 1.165) is 5.56 Å². The number of methoxy groups -OCH3 is 1. The molecule has 3 amide bonds. The van der Waals surface area contributed by atoms with Crippen molar-refractivity contribution >= 4 is 40.9 Å². The van der Waals surface area contributed by atoms with Gasteiger partial charge in [-0.2, -0.15) is 5.10 Å². The fraction of sp³-hybridized carbons (Fsp3) is 0.258. The summed E-state index contributed by atoms with van der Waals surface area (Å²) in [5.74, 6) is -1.49. The van der Waals surface area contributed by atoms with Gasteiger partial charge in [0.15, 0.2) is 5.82 Å². The number of benzene rings is 2. The second-order valence-corrected chi connectivity index (χ2v) is 10.8. The Hall–Kier alpha value is -4.77. The van der Waals surface area contributed by atoms with Crippen LogP contribution >= 0.6 is 11.6 Å². The van der Waals surface area contributed by atoms with Gasteiger partial charge in [-0.25, -0.2) is 13.9 Å². The van der Waals surface area contributed by atoms with E-state index in [-0.39, 0.29) is 28.4 Å². The molecule has 2 aromatic heterocycles. The molecule has 2 aromatic carbocycles. The minimum atomic E-state index is -0.631. The first-order valence-electron chi connectivity index (χ1n) is 13.7. The standard InChI is InChI=1S/C31H30ClFN6O4/c1-17-6-4-8-25(37-30(41)23-16-35-39(18(23)2)27-9-5-7-24(32)28(27)33)20-12-19(14-34-15-20)22-11-10-21(36-31(42)43-3)13-26(22)38-29(17)40/h5,7,9-17,25H,4,6,8H2,1-3H3,(H,36,42)(H,37,41)(H,38,40). The molecule has 0 radical (unpaired) electrons. The van der Waals surface area contributed by atoms with Gasteiger partial charge in [-0.3, -0.25) is 19.9 Å². The third-order valence-corrected chi connectivity index (χ3v) is 7.77. The molecular weight excluding hydrogens is 575 g/mol. The molecule has 3 heterocycles. The lowest BCUT2D eigenvalue weighted by atomic mass is 9.94. The van der Waals surface area contributed by atoms with Crippen molar-refractivity contribution in [3.63, 3.8) is 0 Å². The number of nitrogens with one attached hydrogen (secondary N) is 3. The topological polar surface area (TPSA) is 127 Å². The van der Waals surface area contributed by atoms with Gasteiger partial charge in [0, 0.05) is 35.1 Å². The number of carbonyl (C=O) groups excluding carboxylic acids is 3. The molecule has 3 N–H and O–H groups in total. The maximum Gasteiger partial charge on any atom is 0.411 e. The Bertz CT molecular complexity index is 1710. The fourth-order valence-corrected chi connectivity index (χ4v) is 5.22. The third kappa shape index (κ3) is 6.36. The number of fused-ring (bicyclic) bond motifs is 4. The average molecular weight is 605 g/mol. The van der Waals surface area contributed by atoms with E-state index in [1.807, 2.05) is 13.0 Å². The summed E-state index contributed by atoms with van der Waals surface area (Å²) < 4.78 is 20.7. The highest BCUT2D eigenvalue weighted by Gasteiger charge is 2.24. The SMILES string of the molecule is COC(=O)Nc1ccc2c(c1)NC(=O)C(C)CCCC(NC(=O)c1cnn(-c3cccc(Cl)c3F)c1C)c1cncc-2c1. The van der Waals surface area contributed by atoms with E-state index in [2.05, 4.69) is 26.0 Å². The summed E-state index contributed by atoms with van der Waals surface area (Å²) >= 11 is 5.96. The molecule has 2 atom stereocenters. The van der Waals surface area contributed by atoms with Crippen LogP contribution in [0.2, 0.25) is 5.02 Å². The lowest BCUT2D eigenvalue weighted by molar-refractivity contribution is -0.119. The predicted octanol–water partition coefficient (Wildman–Crippen LogP) is 6.44. The lowest BCUT2D eigenvalue weighted by Gasteiger charge is -2.23. The van der Waals surface area contributed by atoms with Gasteiger partial charge in [-0.1, -0.05) is 37.1 Å². The number of rotatable bonds is 4. The van der Waals surface area contributed by atoms with Crippen LogP contribution in [0.3, 0.4) is 0 Å². The van der Waals surface area contributed by atoms with Gasteiger partial charge in [-0.05, 0) is 55.7 Å². The number of anilines is 2. The van der Waals surface area contributed by atoms with E-state index in [1.165, 1.54) is 30.1 Å². The zero-order valence-electron chi connectivity index (χ0n) is 23.8. The van der Waals surface area contributed by atoms with Gasteiger partial charge in [0.05, 0.1) is 41.3 Å². The summed E-state index contributed by atoms with van der Waals surface area (Å²) in [6.07, 6.45) is 5.92. The molecule has 0 fully saturated rings. The summed E-state index contributed by atoms with van der Waals surface area (Å²) in [6.45, 7) is 3.53. The van der Waals surface area contributed by atoms with Crippen LogP contribution in [0.1, 0.15) is 53.8 Å². The Morgan fingerprint density at radius 1 is 1.14 bits per heavy atom. The molecule has 2 unspecified atom stereocenters. The van der Waals surface area contributed by atoms with E-state index in [9.17, 15) is 18.8 Å². The molecule has 1 aliphatic rings. The molecule has 12 heteroatoms. The summed E-state index contributed by atoms with van der Waals surface area (Å²) in [5.41, 5.74) is 4.02. The number of halogens is 2. The summed E-state index contributed by atoms with van der Waals surface area (Å²) in [4.78, 5) is 42.9. The Morgan fingerprint density at radius 3 is 2.74 bits per heavy atom. The van der Waals surface area contributed by atoms with Crippen LogP contribution in [0.4, 0.5) is 20.6 Å². The van der Waals surface area contributed by atoms with Crippen molar-refractivity contribution < 1.29 is 23.5 Å². The number of pyridine rings is 1. The Kier molecular flexibility index (Phi) is 8.72. The van der Waals surface area contributed by atoms with E-state index in [4.69, 9.17) is 16.3 Å². The molecule has 0 saturated heterocycles. The first-order chi connectivity index (χ1) is 20.7. The fourth-order valence-electron chi connectivity index (χ4n) is 5.05. The highest BCUT2D eigenvalue weighted by Crippen LogP contribution is 2.34. The highest BCUT2D eigenvalue weighted by atomic mass is 35.5. The first kappa shape index (κ1) is 29.7. The summed E-state index contributed by atoms with van der Waals surface area (Å²) in [5, 5.41) is 12.9. The molecule has 0 saturated carbocycles. The van der Waals surface area contributed by atoms with Crippen LogP contribution in [0, 0.1) is 18.7 Å². The number of nitrogens with zero attached hydrogens (tertiary/aromatic N) is 3. The van der Waals surface area contributed by atoms with Crippen LogP contribution in [0.15, 0.2) is 61.1 Å². The Labute approximate surface area is 252 Å². The first-order valence-corrected chi connectivity index (χ1v) is 14.1.